The summed E-state index contributed by atoms with van der Waals surface area (Å²) in [6.45, 7) is 0. The van der Waals surface area contributed by atoms with Gasteiger partial charge in [0.15, 0.2) is 0 Å². The van der Waals surface area contributed by atoms with E-state index in [4.69, 9.17) is 5.84 Å². The van der Waals surface area contributed by atoms with Gasteiger partial charge in [-0.05, 0) is 30.1 Å². The van der Waals surface area contributed by atoms with Crippen LogP contribution in [0.4, 0.5) is 0 Å². The number of carbonyl (C=O) groups excluding carboxylic acids is 1. The highest BCUT2D eigenvalue weighted by atomic mass is 32.2. The van der Waals surface area contributed by atoms with Gasteiger partial charge in [0.2, 0.25) is 0 Å². The maximum Gasteiger partial charge on any atom is 0.251 e. The summed E-state index contributed by atoms with van der Waals surface area (Å²) in [6.07, 6.45) is 5.28. The molecule has 0 spiro atoms. The SMILES string of the molecule is NNC(=O)C(SCC1CCCC1)c1ccccc1. The molecule has 1 amide bonds. The summed E-state index contributed by atoms with van der Waals surface area (Å²) < 4.78 is 0. The second-order valence-corrected chi connectivity index (χ2v) is 5.92. The summed E-state index contributed by atoms with van der Waals surface area (Å²) >= 11 is 1.71. The normalized spacial score (nSPS) is 17.6. The van der Waals surface area contributed by atoms with E-state index in [1.807, 2.05) is 30.3 Å². The molecule has 0 aromatic heterocycles. The number of thioether (sulfide) groups is 1. The van der Waals surface area contributed by atoms with Crippen LogP contribution in [0.15, 0.2) is 30.3 Å². The number of hydrogen-bond acceptors (Lipinski definition) is 3. The Labute approximate surface area is 112 Å². The van der Waals surface area contributed by atoms with Crippen molar-refractivity contribution < 1.29 is 4.79 Å². The van der Waals surface area contributed by atoms with Gasteiger partial charge in [-0.2, -0.15) is 0 Å². The summed E-state index contributed by atoms with van der Waals surface area (Å²) in [5.41, 5.74) is 3.31. The molecule has 1 fully saturated rings. The first kappa shape index (κ1) is 13.4. The maximum atomic E-state index is 11.9. The number of nitrogens with two attached hydrogens (primary N) is 1. The Balaban J connectivity index is 1.99. The van der Waals surface area contributed by atoms with Gasteiger partial charge in [0.1, 0.15) is 5.25 Å². The van der Waals surface area contributed by atoms with Crippen molar-refractivity contribution in [3.05, 3.63) is 35.9 Å². The molecule has 0 heterocycles. The molecule has 2 rings (SSSR count). The van der Waals surface area contributed by atoms with Crippen molar-refractivity contribution in [1.82, 2.24) is 5.43 Å². The van der Waals surface area contributed by atoms with Crippen LogP contribution in [0.25, 0.3) is 0 Å². The first-order valence-electron chi connectivity index (χ1n) is 6.48. The van der Waals surface area contributed by atoms with Crippen molar-refractivity contribution >= 4 is 17.7 Å². The molecule has 3 N–H and O–H groups in total. The van der Waals surface area contributed by atoms with Crippen LogP contribution in [0.3, 0.4) is 0 Å². The quantitative estimate of drug-likeness (QED) is 0.488. The monoisotopic (exact) mass is 264 g/mol. The van der Waals surface area contributed by atoms with Gasteiger partial charge in [0.05, 0.1) is 0 Å². The van der Waals surface area contributed by atoms with Crippen LogP contribution in [0.2, 0.25) is 0 Å². The lowest BCUT2D eigenvalue weighted by molar-refractivity contribution is -0.120. The van der Waals surface area contributed by atoms with E-state index in [0.29, 0.717) is 0 Å². The minimum atomic E-state index is -0.184. The molecular formula is C14H20N2OS. The molecule has 1 unspecified atom stereocenters. The standard InChI is InChI=1S/C14H20N2OS/c15-16-14(17)13(12-8-2-1-3-9-12)18-10-11-6-4-5-7-11/h1-3,8-9,11,13H,4-7,10,15H2,(H,16,17). The summed E-state index contributed by atoms with van der Waals surface area (Å²) in [5, 5.41) is -0.184. The second kappa shape index (κ2) is 6.81. The van der Waals surface area contributed by atoms with E-state index < -0.39 is 0 Å². The average Bonchev–Trinajstić information content (AvgIpc) is 2.93. The lowest BCUT2D eigenvalue weighted by Gasteiger charge is -2.17. The molecule has 1 aliphatic carbocycles. The highest BCUT2D eigenvalue weighted by Crippen LogP contribution is 2.35. The van der Waals surface area contributed by atoms with E-state index in [0.717, 1.165) is 17.2 Å². The molecule has 1 saturated carbocycles. The van der Waals surface area contributed by atoms with E-state index in [-0.39, 0.29) is 11.2 Å². The minimum absolute atomic E-state index is 0.107. The molecule has 1 aromatic carbocycles. The van der Waals surface area contributed by atoms with Crippen LogP contribution in [-0.4, -0.2) is 11.7 Å². The van der Waals surface area contributed by atoms with Crippen molar-refractivity contribution in [2.24, 2.45) is 11.8 Å². The Morgan fingerprint density at radius 2 is 2.00 bits per heavy atom. The number of hydrogen-bond donors (Lipinski definition) is 2. The summed E-state index contributed by atoms with van der Waals surface area (Å²) in [6, 6.07) is 9.86. The minimum Gasteiger partial charge on any atom is -0.293 e. The van der Waals surface area contributed by atoms with Gasteiger partial charge in [-0.15, -0.1) is 11.8 Å². The van der Waals surface area contributed by atoms with Gasteiger partial charge in [-0.25, -0.2) is 5.84 Å². The second-order valence-electron chi connectivity index (χ2n) is 4.78. The zero-order valence-electron chi connectivity index (χ0n) is 10.5. The molecule has 3 nitrogen and oxygen atoms in total. The van der Waals surface area contributed by atoms with E-state index in [2.05, 4.69) is 5.43 Å². The number of nitrogens with one attached hydrogen (secondary N) is 1. The van der Waals surface area contributed by atoms with Crippen molar-refractivity contribution in [2.75, 3.05) is 5.75 Å². The molecule has 0 bridgehead atoms. The number of rotatable bonds is 5. The first-order valence-corrected chi connectivity index (χ1v) is 7.53. The van der Waals surface area contributed by atoms with Gasteiger partial charge in [0, 0.05) is 0 Å². The predicted molar refractivity (Wildman–Crippen MR) is 75.9 cm³/mol. The first-order chi connectivity index (χ1) is 8.81. The Hall–Kier alpha value is -1.00. The third kappa shape index (κ3) is 3.50. The third-order valence-corrected chi connectivity index (χ3v) is 4.94. The molecule has 18 heavy (non-hydrogen) atoms. The Morgan fingerprint density at radius 1 is 1.33 bits per heavy atom. The molecule has 0 saturated heterocycles. The van der Waals surface area contributed by atoms with Gasteiger partial charge in [-0.3, -0.25) is 10.2 Å². The summed E-state index contributed by atoms with van der Waals surface area (Å²) in [7, 11) is 0. The van der Waals surface area contributed by atoms with Gasteiger partial charge in [-0.1, -0.05) is 43.2 Å². The number of carbonyl (C=O) groups is 1. The Bertz CT molecular complexity index is 377. The number of benzene rings is 1. The smallest absolute Gasteiger partial charge is 0.251 e. The zero-order valence-corrected chi connectivity index (χ0v) is 11.3. The molecular weight excluding hydrogens is 244 g/mol. The number of amides is 1. The van der Waals surface area contributed by atoms with Crippen LogP contribution in [-0.2, 0) is 4.79 Å². The predicted octanol–water partition coefficient (Wildman–Crippen LogP) is 2.64. The molecule has 98 valence electrons. The summed E-state index contributed by atoms with van der Waals surface area (Å²) in [5.74, 6) is 6.99. The van der Waals surface area contributed by atoms with Crippen LogP contribution in [0, 0.1) is 5.92 Å². The van der Waals surface area contributed by atoms with E-state index >= 15 is 0 Å². The highest BCUT2D eigenvalue weighted by molar-refractivity contribution is 8.00. The van der Waals surface area contributed by atoms with Crippen LogP contribution in [0.1, 0.15) is 36.5 Å². The van der Waals surface area contributed by atoms with E-state index in [1.165, 1.54) is 25.7 Å². The highest BCUT2D eigenvalue weighted by Gasteiger charge is 2.23. The molecule has 0 radical (unpaired) electrons. The van der Waals surface area contributed by atoms with Crippen molar-refractivity contribution in [1.29, 1.82) is 0 Å². The molecule has 4 heteroatoms. The van der Waals surface area contributed by atoms with E-state index in [1.54, 1.807) is 11.8 Å². The van der Waals surface area contributed by atoms with Crippen LogP contribution < -0.4 is 11.3 Å². The Morgan fingerprint density at radius 3 is 2.61 bits per heavy atom. The molecule has 1 aromatic rings. The third-order valence-electron chi connectivity index (χ3n) is 3.46. The van der Waals surface area contributed by atoms with Crippen molar-refractivity contribution in [3.8, 4) is 0 Å². The average molecular weight is 264 g/mol. The van der Waals surface area contributed by atoms with Crippen LogP contribution >= 0.6 is 11.8 Å². The molecule has 0 aliphatic heterocycles. The van der Waals surface area contributed by atoms with Gasteiger partial charge in [0.25, 0.3) is 5.91 Å². The van der Waals surface area contributed by atoms with Gasteiger partial charge < -0.3 is 0 Å². The maximum absolute atomic E-state index is 11.9. The van der Waals surface area contributed by atoms with E-state index in [9.17, 15) is 4.79 Å². The molecule has 1 aliphatic rings. The largest absolute Gasteiger partial charge is 0.293 e. The fourth-order valence-electron chi connectivity index (χ4n) is 2.44. The summed E-state index contributed by atoms with van der Waals surface area (Å²) in [4.78, 5) is 11.9. The molecule has 1 atom stereocenters. The fraction of sp³-hybridized carbons (Fsp3) is 0.500. The lowest BCUT2D eigenvalue weighted by Crippen LogP contribution is -2.34. The van der Waals surface area contributed by atoms with Gasteiger partial charge >= 0.3 is 0 Å². The number of hydrazine groups is 1. The lowest BCUT2D eigenvalue weighted by atomic mass is 10.1. The fourth-order valence-corrected chi connectivity index (χ4v) is 3.80. The zero-order chi connectivity index (χ0) is 12.8. The topological polar surface area (TPSA) is 55.1 Å². The van der Waals surface area contributed by atoms with Crippen molar-refractivity contribution in [2.45, 2.75) is 30.9 Å². The Kier molecular flexibility index (Phi) is 5.08. The van der Waals surface area contributed by atoms with Crippen LogP contribution in [0.5, 0.6) is 0 Å². The van der Waals surface area contributed by atoms with Crippen molar-refractivity contribution in [3.63, 3.8) is 0 Å².